The normalized spacial score (nSPS) is 13.5. The van der Waals surface area contributed by atoms with E-state index in [-0.39, 0.29) is 23.1 Å². The van der Waals surface area contributed by atoms with Crippen LogP contribution in [0.25, 0.3) is 11.0 Å². The van der Waals surface area contributed by atoms with Crippen LogP contribution in [0.15, 0.2) is 21.3 Å². The first-order chi connectivity index (χ1) is 13.1. The summed E-state index contributed by atoms with van der Waals surface area (Å²) in [6.07, 6.45) is 10.4. The average Bonchev–Trinajstić information content (AvgIpc) is 2.66. The van der Waals surface area contributed by atoms with E-state index in [1.807, 2.05) is 0 Å². The molecule has 0 spiro atoms. The fraction of sp³-hybridized carbons (Fsp3) is 0.545. The lowest BCUT2D eigenvalue weighted by Crippen LogP contribution is -2.16. The van der Waals surface area contributed by atoms with E-state index in [1.54, 1.807) is 6.07 Å². The summed E-state index contributed by atoms with van der Waals surface area (Å²) in [5, 5.41) is 10.9. The van der Waals surface area contributed by atoms with Crippen LogP contribution in [0.4, 0.5) is 0 Å². The Labute approximate surface area is 159 Å². The number of rotatable bonds is 8. The Hall–Kier alpha value is -2.30. The van der Waals surface area contributed by atoms with Crippen molar-refractivity contribution in [2.75, 3.05) is 0 Å². The fourth-order valence-electron chi connectivity index (χ4n) is 3.76. The summed E-state index contributed by atoms with van der Waals surface area (Å²) in [4.78, 5) is 24.3. The maximum atomic E-state index is 12.1. The van der Waals surface area contributed by atoms with Gasteiger partial charge in [0, 0.05) is 23.4 Å². The van der Waals surface area contributed by atoms with Crippen LogP contribution in [0.1, 0.15) is 75.8 Å². The van der Waals surface area contributed by atoms with Gasteiger partial charge in [0.05, 0.1) is 0 Å². The van der Waals surface area contributed by atoms with Crippen molar-refractivity contribution in [3.63, 3.8) is 0 Å². The zero-order chi connectivity index (χ0) is 19.2. The van der Waals surface area contributed by atoms with Crippen LogP contribution in [-0.4, -0.2) is 11.1 Å². The summed E-state index contributed by atoms with van der Waals surface area (Å²) in [6.45, 7) is 2.18. The average molecular weight is 372 g/mol. The number of fused-ring (bicyclic) bond motifs is 3. The molecule has 5 heteroatoms. The van der Waals surface area contributed by atoms with E-state index in [9.17, 15) is 14.7 Å². The molecule has 0 saturated carbocycles. The number of aromatic hydroxyl groups is 1. The molecule has 0 bridgehead atoms. The van der Waals surface area contributed by atoms with Gasteiger partial charge >= 0.3 is 11.6 Å². The van der Waals surface area contributed by atoms with Gasteiger partial charge in [-0.1, -0.05) is 39.0 Å². The number of esters is 1. The second kappa shape index (κ2) is 9.07. The Bertz CT molecular complexity index is 865. The monoisotopic (exact) mass is 372 g/mol. The molecule has 2 aromatic rings. The van der Waals surface area contributed by atoms with Crippen LogP contribution in [0.3, 0.4) is 0 Å². The van der Waals surface area contributed by atoms with Crippen LogP contribution in [0.5, 0.6) is 11.5 Å². The molecule has 0 aliphatic heterocycles. The van der Waals surface area contributed by atoms with Gasteiger partial charge < -0.3 is 14.3 Å². The summed E-state index contributed by atoms with van der Waals surface area (Å²) in [5.74, 6) is -0.385. The van der Waals surface area contributed by atoms with Crippen molar-refractivity contribution in [2.24, 2.45) is 0 Å². The van der Waals surface area contributed by atoms with Crippen molar-refractivity contribution in [1.82, 2.24) is 0 Å². The topological polar surface area (TPSA) is 76.7 Å². The number of aryl methyl sites for hydroxylation is 1. The molecule has 1 N–H and O–H groups in total. The Morgan fingerprint density at radius 2 is 1.78 bits per heavy atom. The number of carbonyl (C=O) groups excluding carboxylic acids is 1. The van der Waals surface area contributed by atoms with E-state index in [2.05, 4.69) is 6.92 Å². The summed E-state index contributed by atoms with van der Waals surface area (Å²) in [5.41, 5.74) is 1.68. The highest BCUT2D eigenvalue weighted by molar-refractivity contribution is 5.86. The molecule has 1 aromatic carbocycles. The van der Waals surface area contributed by atoms with Gasteiger partial charge in [-0.2, -0.15) is 0 Å². The van der Waals surface area contributed by atoms with E-state index >= 15 is 0 Å². The SMILES string of the molecule is CCCCCCCCC(=O)Oc1cc2c3c(c(=O)oc2cc1O)CCCC3. The minimum Gasteiger partial charge on any atom is -0.504 e. The molecule has 0 radical (unpaired) electrons. The van der Waals surface area contributed by atoms with Crippen LogP contribution in [0.2, 0.25) is 0 Å². The van der Waals surface area contributed by atoms with Crippen molar-refractivity contribution in [3.8, 4) is 11.5 Å². The maximum absolute atomic E-state index is 12.1. The van der Waals surface area contributed by atoms with Gasteiger partial charge in [-0.05, 0) is 43.7 Å². The molecule has 0 unspecified atom stereocenters. The highest BCUT2D eigenvalue weighted by atomic mass is 16.5. The fourth-order valence-corrected chi connectivity index (χ4v) is 3.76. The van der Waals surface area contributed by atoms with Gasteiger partial charge in [-0.15, -0.1) is 0 Å². The molecule has 3 rings (SSSR count). The molecule has 27 heavy (non-hydrogen) atoms. The van der Waals surface area contributed by atoms with Gasteiger partial charge in [0.25, 0.3) is 0 Å². The second-order valence-corrected chi connectivity index (χ2v) is 7.36. The van der Waals surface area contributed by atoms with E-state index in [0.29, 0.717) is 24.0 Å². The molecule has 1 aromatic heterocycles. The van der Waals surface area contributed by atoms with Crippen molar-refractivity contribution in [1.29, 1.82) is 0 Å². The number of ether oxygens (including phenoxy) is 1. The van der Waals surface area contributed by atoms with Crippen molar-refractivity contribution in [2.45, 2.75) is 77.6 Å². The number of hydrogen-bond acceptors (Lipinski definition) is 5. The molecule has 0 saturated heterocycles. The van der Waals surface area contributed by atoms with E-state index in [0.717, 1.165) is 49.5 Å². The molecule has 1 heterocycles. The molecule has 1 aliphatic carbocycles. The molecule has 0 fully saturated rings. The minimum atomic E-state index is -0.341. The summed E-state index contributed by atoms with van der Waals surface area (Å²) < 4.78 is 10.7. The van der Waals surface area contributed by atoms with Crippen LogP contribution >= 0.6 is 0 Å². The van der Waals surface area contributed by atoms with Gasteiger partial charge in [0.2, 0.25) is 0 Å². The van der Waals surface area contributed by atoms with Gasteiger partial charge in [0.15, 0.2) is 11.5 Å². The van der Waals surface area contributed by atoms with E-state index < -0.39 is 0 Å². The molecular weight excluding hydrogens is 344 g/mol. The number of hydrogen-bond donors (Lipinski definition) is 1. The Balaban J connectivity index is 1.71. The van der Waals surface area contributed by atoms with Gasteiger partial charge in [-0.25, -0.2) is 4.79 Å². The summed E-state index contributed by atoms with van der Waals surface area (Å²) >= 11 is 0. The molecule has 0 atom stereocenters. The number of phenolic OH excluding ortho intramolecular Hbond substituents is 1. The first-order valence-corrected chi connectivity index (χ1v) is 10.1. The van der Waals surface area contributed by atoms with E-state index in [4.69, 9.17) is 9.15 Å². The second-order valence-electron chi connectivity index (χ2n) is 7.36. The number of carbonyl (C=O) groups is 1. The first kappa shape index (κ1) is 19.5. The van der Waals surface area contributed by atoms with E-state index in [1.165, 1.54) is 25.3 Å². The highest BCUT2D eigenvalue weighted by Crippen LogP contribution is 2.35. The lowest BCUT2D eigenvalue weighted by molar-refractivity contribution is -0.134. The third kappa shape index (κ3) is 4.71. The maximum Gasteiger partial charge on any atom is 0.339 e. The largest absolute Gasteiger partial charge is 0.504 e. The van der Waals surface area contributed by atoms with Crippen LogP contribution in [0, 0.1) is 0 Å². The lowest BCUT2D eigenvalue weighted by atomic mass is 9.90. The zero-order valence-electron chi connectivity index (χ0n) is 16.0. The smallest absolute Gasteiger partial charge is 0.339 e. The molecule has 0 amide bonds. The minimum absolute atomic E-state index is 0.139. The molecular formula is C22H28O5. The zero-order valence-corrected chi connectivity index (χ0v) is 16.0. The summed E-state index contributed by atoms with van der Waals surface area (Å²) in [6, 6.07) is 3.01. The summed E-state index contributed by atoms with van der Waals surface area (Å²) in [7, 11) is 0. The van der Waals surface area contributed by atoms with Crippen molar-refractivity contribution in [3.05, 3.63) is 33.7 Å². The highest BCUT2D eigenvalue weighted by Gasteiger charge is 2.20. The number of unbranched alkanes of at least 4 members (excludes halogenated alkanes) is 5. The standard InChI is InChI=1S/C22H28O5/c1-2-3-4-5-6-7-12-21(24)26-20-13-17-15-10-8-9-11-16(15)22(25)27-19(17)14-18(20)23/h13-14,23H,2-12H2,1H3. The Kier molecular flexibility index (Phi) is 6.54. The van der Waals surface area contributed by atoms with Crippen LogP contribution < -0.4 is 10.4 Å². The molecule has 146 valence electrons. The first-order valence-electron chi connectivity index (χ1n) is 10.1. The van der Waals surface area contributed by atoms with Crippen LogP contribution in [-0.2, 0) is 17.6 Å². The Morgan fingerprint density at radius 1 is 1.07 bits per heavy atom. The number of phenols is 1. The third-order valence-electron chi connectivity index (χ3n) is 5.26. The lowest BCUT2D eigenvalue weighted by Gasteiger charge is -2.17. The van der Waals surface area contributed by atoms with Gasteiger partial charge in [-0.3, -0.25) is 4.79 Å². The predicted molar refractivity (Wildman–Crippen MR) is 104 cm³/mol. The molecule has 5 nitrogen and oxygen atoms in total. The number of benzene rings is 1. The Morgan fingerprint density at radius 3 is 2.56 bits per heavy atom. The quantitative estimate of drug-likeness (QED) is 0.304. The molecule has 1 aliphatic rings. The van der Waals surface area contributed by atoms with Gasteiger partial charge in [0.1, 0.15) is 5.58 Å². The van der Waals surface area contributed by atoms with Crippen molar-refractivity contribution >= 4 is 16.9 Å². The third-order valence-corrected chi connectivity index (χ3v) is 5.26. The predicted octanol–water partition coefficient (Wildman–Crippen LogP) is 5.03. The van der Waals surface area contributed by atoms with Crippen molar-refractivity contribution < 1.29 is 19.1 Å².